The summed E-state index contributed by atoms with van der Waals surface area (Å²) in [6.07, 6.45) is 0. The fourth-order valence-electron chi connectivity index (χ4n) is 1.01. The summed E-state index contributed by atoms with van der Waals surface area (Å²) in [5.74, 6) is -0.533. The average molecular weight is 204 g/mol. The molecule has 2 N–H and O–H groups in total. The normalized spacial score (nSPS) is 9.92. The smallest absolute Gasteiger partial charge is 0.250 e. The molecule has 4 heteroatoms. The number of benzene rings is 1. The van der Waals surface area contributed by atoms with Crippen molar-refractivity contribution in [3.8, 4) is 0 Å². The lowest BCUT2D eigenvalue weighted by Crippen LogP contribution is -2.13. The van der Waals surface area contributed by atoms with E-state index in [4.69, 9.17) is 28.9 Å². The number of carbonyl (C=O) groups excluding carboxylic acids is 1. The van der Waals surface area contributed by atoms with Gasteiger partial charge in [-0.1, -0.05) is 23.2 Å². The molecule has 0 saturated heterocycles. The second-order valence-corrected chi connectivity index (χ2v) is 3.29. The van der Waals surface area contributed by atoms with E-state index in [0.29, 0.717) is 21.2 Å². The third kappa shape index (κ3) is 1.71. The lowest BCUT2D eigenvalue weighted by Gasteiger charge is -2.04. The van der Waals surface area contributed by atoms with E-state index in [2.05, 4.69) is 0 Å². The molecule has 1 aromatic rings. The Morgan fingerprint density at radius 1 is 1.42 bits per heavy atom. The van der Waals surface area contributed by atoms with E-state index in [1.54, 1.807) is 13.0 Å². The monoisotopic (exact) mass is 203 g/mol. The molecule has 0 unspecified atom stereocenters. The largest absolute Gasteiger partial charge is 0.366 e. The highest BCUT2D eigenvalue weighted by Crippen LogP contribution is 2.24. The van der Waals surface area contributed by atoms with Crippen LogP contribution in [-0.2, 0) is 0 Å². The second-order valence-electron chi connectivity index (χ2n) is 2.44. The maximum absolute atomic E-state index is 10.8. The molecule has 0 aromatic heterocycles. The van der Waals surface area contributed by atoms with Crippen molar-refractivity contribution in [1.82, 2.24) is 0 Å². The second kappa shape index (κ2) is 3.33. The van der Waals surface area contributed by atoms with Gasteiger partial charge in [0.25, 0.3) is 0 Å². The Morgan fingerprint density at radius 3 is 2.42 bits per heavy atom. The fourth-order valence-corrected chi connectivity index (χ4v) is 1.70. The molecule has 2 nitrogen and oxygen atoms in total. The molecule has 0 atom stereocenters. The minimum absolute atomic E-state index is 0.299. The third-order valence-electron chi connectivity index (χ3n) is 1.50. The Balaban J connectivity index is 3.38. The molecule has 0 bridgehead atoms. The van der Waals surface area contributed by atoms with E-state index in [1.165, 1.54) is 6.07 Å². The van der Waals surface area contributed by atoms with Crippen molar-refractivity contribution in [3.05, 3.63) is 33.3 Å². The van der Waals surface area contributed by atoms with E-state index >= 15 is 0 Å². The summed E-state index contributed by atoms with van der Waals surface area (Å²) in [7, 11) is 0. The van der Waals surface area contributed by atoms with E-state index in [-0.39, 0.29) is 0 Å². The number of nitrogens with two attached hydrogens (primary N) is 1. The zero-order valence-corrected chi connectivity index (χ0v) is 7.91. The van der Waals surface area contributed by atoms with Crippen LogP contribution in [0.25, 0.3) is 0 Å². The first-order valence-corrected chi connectivity index (χ1v) is 4.03. The molecular weight excluding hydrogens is 197 g/mol. The topological polar surface area (TPSA) is 43.1 Å². The zero-order chi connectivity index (χ0) is 9.30. The van der Waals surface area contributed by atoms with E-state index in [1.807, 2.05) is 0 Å². The predicted octanol–water partition coefficient (Wildman–Crippen LogP) is 2.40. The number of primary amides is 1. The molecule has 0 aliphatic rings. The van der Waals surface area contributed by atoms with E-state index in [9.17, 15) is 4.79 Å². The van der Waals surface area contributed by atoms with Gasteiger partial charge in [-0.2, -0.15) is 0 Å². The molecule has 0 aliphatic carbocycles. The average Bonchev–Trinajstić information content (AvgIpc) is 1.82. The number of amides is 1. The van der Waals surface area contributed by atoms with Gasteiger partial charge in [-0.15, -0.1) is 0 Å². The molecule has 1 amide bonds. The molecule has 0 spiro atoms. The number of carbonyl (C=O) groups is 1. The minimum atomic E-state index is -0.533. The van der Waals surface area contributed by atoms with Crippen LogP contribution in [0.1, 0.15) is 15.9 Å². The van der Waals surface area contributed by atoms with Crippen molar-refractivity contribution in [1.29, 1.82) is 0 Å². The van der Waals surface area contributed by atoms with Crippen LogP contribution in [0.2, 0.25) is 10.0 Å². The SMILES string of the molecule is Cc1cc(Cl)cc(Cl)c1C(N)=O. The number of rotatable bonds is 1. The maximum Gasteiger partial charge on any atom is 0.250 e. The summed E-state index contributed by atoms with van der Waals surface area (Å²) < 4.78 is 0. The standard InChI is InChI=1S/C8H7Cl2NO/c1-4-2-5(9)3-6(10)7(4)8(11)12/h2-3H,1H3,(H2,11,12). The molecule has 64 valence electrons. The lowest BCUT2D eigenvalue weighted by atomic mass is 10.1. The first-order chi connectivity index (χ1) is 5.52. The summed E-state index contributed by atoms with van der Waals surface area (Å²) in [6.45, 7) is 1.73. The highest BCUT2D eigenvalue weighted by Gasteiger charge is 2.10. The molecule has 0 fully saturated rings. The lowest BCUT2D eigenvalue weighted by molar-refractivity contribution is 0.1000. The van der Waals surface area contributed by atoms with Crippen LogP contribution < -0.4 is 5.73 Å². The van der Waals surface area contributed by atoms with Gasteiger partial charge in [-0.25, -0.2) is 0 Å². The van der Waals surface area contributed by atoms with Gasteiger partial charge in [0.15, 0.2) is 0 Å². The fraction of sp³-hybridized carbons (Fsp3) is 0.125. The Hall–Kier alpha value is -0.730. The highest BCUT2D eigenvalue weighted by molar-refractivity contribution is 6.37. The van der Waals surface area contributed by atoms with Gasteiger partial charge in [-0.3, -0.25) is 4.79 Å². The molecular formula is C8H7Cl2NO. The van der Waals surface area contributed by atoms with Crippen LogP contribution >= 0.6 is 23.2 Å². The molecule has 0 aliphatic heterocycles. The summed E-state index contributed by atoms with van der Waals surface area (Å²) in [5, 5.41) is 0.801. The molecule has 12 heavy (non-hydrogen) atoms. The van der Waals surface area contributed by atoms with Crippen LogP contribution in [0.4, 0.5) is 0 Å². The Morgan fingerprint density at radius 2 is 2.00 bits per heavy atom. The number of halogens is 2. The van der Waals surface area contributed by atoms with Gasteiger partial charge < -0.3 is 5.73 Å². The van der Waals surface area contributed by atoms with Crippen molar-refractivity contribution in [3.63, 3.8) is 0 Å². The zero-order valence-electron chi connectivity index (χ0n) is 6.40. The Labute approximate surface area is 80.3 Å². The summed E-state index contributed by atoms with van der Waals surface area (Å²) in [5.41, 5.74) is 6.13. The number of hydrogen-bond donors (Lipinski definition) is 1. The van der Waals surface area contributed by atoms with Crippen molar-refractivity contribution in [2.24, 2.45) is 5.73 Å². The number of aryl methyl sites for hydroxylation is 1. The molecule has 0 radical (unpaired) electrons. The van der Waals surface area contributed by atoms with Gasteiger partial charge in [0.1, 0.15) is 0 Å². The van der Waals surface area contributed by atoms with Gasteiger partial charge in [-0.05, 0) is 24.6 Å². The maximum atomic E-state index is 10.8. The molecule has 0 saturated carbocycles. The summed E-state index contributed by atoms with van der Waals surface area (Å²) >= 11 is 11.4. The van der Waals surface area contributed by atoms with Gasteiger partial charge >= 0.3 is 0 Å². The third-order valence-corrected chi connectivity index (χ3v) is 2.01. The Kier molecular flexibility index (Phi) is 2.60. The van der Waals surface area contributed by atoms with Crippen LogP contribution in [0, 0.1) is 6.92 Å². The molecule has 1 rings (SSSR count). The number of hydrogen-bond acceptors (Lipinski definition) is 1. The van der Waals surface area contributed by atoms with Gasteiger partial charge in [0.05, 0.1) is 10.6 Å². The van der Waals surface area contributed by atoms with Crippen LogP contribution in [0.3, 0.4) is 0 Å². The Bertz CT molecular complexity index is 313. The molecule has 0 heterocycles. The van der Waals surface area contributed by atoms with Gasteiger partial charge in [0.2, 0.25) is 5.91 Å². The highest BCUT2D eigenvalue weighted by atomic mass is 35.5. The summed E-state index contributed by atoms with van der Waals surface area (Å²) in [6, 6.07) is 3.14. The van der Waals surface area contributed by atoms with Crippen molar-refractivity contribution < 1.29 is 4.79 Å². The van der Waals surface area contributed by atoms with E-state index in [0.717, 1.165) is 0 Å². The predicted molar refractivity (Wildman–Crippen MR) is 49.7 cm³/mol. The van der Waals surface area contributed by atoms with E-state index < -0.39 is 5.91 Å². The minimum Gasteiger partial charge on any atom is -0.366 e. The first-order valence-electron chi connectivity index (χ1n) is 3.28. The quantitative estimate of drug-likeness (QED) is 0.749. The molecule has 1 aromatic carbocycles. The van der Waals surface area contributed by atoms with Gasteiger partial charge in [0, 0.05) is 5.02 Å². The van der Waals surface area contributed by atoms with Crippen LogP contribution in [0.5, 0.6) is 0 Å². The first kappa shape index (κ1) is 9.36. The van der Waals surface area contributed by atoms with Crippen molar-refractivity contribution >= 4 is 29.1 Å². The van der Waals surface area contributed by atoms with Crippen molar-refractivity contribution in [2.45, 2.75) is 6.92 Å². The van der Waals surface area contributed by atoms with Crippen LogP contribution in [-0.4, -0.2) is 5.91 Å². The summed E-state index contributed by atoms with van der Waals surface area (Å²) in [4.78, 5) is 10.8. The van der Waals surface area contributed by atoms with Crippen LogP contribution in [0.15, 0.2) is 12.1 Å². The van der Waals surface area contributed by atoms with Crippen molar-refractivity contribution in [2.75, 3.05) is 0 Å².